The van der Waals surface area contributed by atoms with Crippen molar-refractivity contribution in [1.82, 2.24) is 4.90 Å². The second kappa shape index (κ2) is 9.60. The Morgan fingerprint density at radius 2 is 1.41 bits per heavy atom. The minimum absolute atomic E-state index is 0.0705. The van der Waals surface area contributed by atoms with Gasteiger partial charge in [-0.3, -0.25) is 4.79 Å². The van der Waals surface area contributed by atoms with Crippen molar-refractivity contribution in [3.63, 3.8) is 0 Å². The molecule has 148 valence electrons. The van der Waals surface area contributed by atoms with Gasteiger partial charge >= 0.3 is 12.2 Å². The standard InChI is InChI=1S/C20H27NO5S/c1-19(2,3)25-17(23)21(18(24)26-20(4,5)6)13-10-14-27-16(22)15-11-8-7-9-12-15/h7-12,14H,13H2,1-6H3/b14-10-. The van der Waals surface area contributed by atoms with Gasteiger partial charge in [0.05, 0.1) is 6.54 Å². The van der Waals surface area contributed by atoms with Gasteiger partial charge in [0.25, 0.3) is 0 Å². The van der Waals surface area contributed by atoms with Gasteiger partial charge in [-0.15, -0.1) is 0 Å². The number of carbonyl (C=O) groups excluding carboxylic acids is 3. The molecule has 0 heterocycles. The first-order chi connectivity index (χ1) is 12.4. The molecule has 0 unspecified atom stereocenters. The second-order valence-electron chi connectivity index (χ2n) is 7.71. The molecule has 0 fully saturated rings. The van der Waals surface area contributed by atoms with Crippen molar-refractivity contribution in [1.29, 1.82) is 0 Å². The van der Waals surface area contributed by atoms with Gasteiger partial charge in [0.15, 0.2) is 0 Å². The lowest BCUT2D eigenvalue weighted by atomic mass is 10.2. The SMILES string of the molecule is CC(C)(C)OC(=O)N(C/C=C\SC(=O)c1ccccc1)C(=O)OC(C)(C)C. The van der Waals surface area contributed by atoms with E-state index < -0.39 is 23.4 Å². The number of nitrogens with zero attached hydrogens (tertiary/aromatic N) is 1. The van der Waals surface area contributed by atoms with Crippen molar-refractivity contribution in [3.8, 4) is 0 Å². The molecule has 0 spiro atoms. The van der Waals surface area contributed by atoms with Crippen LogP contribution in [-0.2, 0) is 9.47 Å². The maximum absolute atomic E-state index is 12.3. The number of ether oxygens (including phenoxy) is 2. The van der Waals surface area contributed by atoms with Crippen molar-refractivity contribution < 1.29 is 23.9 Å². The van der Waals surface area contributed by atoms with Crippen LogP contribution in [-0.4, -0.2) is 39.9 Å². The third kappa shape index (κ3) is 9.28. The molecule has 27 heavy (non-hydrogen) atoms. The number of rotatable bonds is 4. The maximum atomic E-state index is 12.3. The molecule has 6 nitrogen and oxygen atoms in total. The number of thioether (sulfide) groups is 1. The Morgan fingerprint density at radius 3 is 1.85 bits per heavy atom. The fraction of sp³-hybridized carbons (Fsp3) is 0.450. The molecule has 1 rings (SSSR count). The zero-order chi connectivity index (χ0) is 20.7. The second-order valence-corrected chi connectivity index (χ2v) is 8.59. The van der Waals surface area contributed by atoms with Crippen LogP contribution in [0.2, 0.25) is 0 Å². The number of imide groups is 1. The summed E-state index contributed by atoms with van der Waals surface area (Å²) in [4.78, 5) is 37.6. The van der Waals surface area contributed by atoms with E-state index in [1.807, 2.05) is 6.07 Å². The largest absolute Gasteiger partial charge is 0.443 e. The van der Waals surface area contributed by atoms with Crippen molar-refractivity contribution in [2.45, 2.75) is 52.7 Å². The Labute approximate surface area is 164 Å². The molecule has 7 heteroatoms. The quantitative estimate of drug-likeness (QED) is 0.696. The van der Waals surface area contributed by atoms with Crippen LogP contribution in [0.4, 0.5) is 9.59 Å². The van der Waals surface area contributed by atoms with Crippen LogP contribution in [0.5, 0.6) is 0 Å². The molecule has 0 saturated carbocycles. The van der Waals surface area contributed by atoms with Crippen LogP contribution in [0, 0.1) is 0 Å². The number of hydrogen-bond acceptors (Lipinski definition) is 6. The molecule has 0 bridgehead atoms. The molecule has 0 aliphatic carbocycles. The topological polar surface area (TPSA) is 72.9 Å². The van der Waals surface area contributed by atoms with Crippen molar-refractivity contribution in [2.24, 2.45) is 0 Å². The molecule has 0 atom stereocenters. The van der Waals surface area contributed by atoms with E-state index in [1.165, 1.54) is 5.41 Å². The van der Waals surface area contributed by atoms with E-state index >= 15 is 0 Å². The molecule has 0 saturated heterocycles. The maximum Gasteiger partial charge on any atom is 0.420 e. The van der Waals surface area contributed by atoms with Gasteiger partial charge in [-0.2, -0.15) is 0 Å². The molecule has 1 aromatic rings. The molecule has 1 aromatic carbocycles. The lowest BCUT2D eigenvalue weighted by Crippen LogP contribution is -2.43. The fourth-order valence-electron chi connectivity index (χ4n) is 1.76. The summed E-state index contributed by atoms with van der Waals surface area (Å²) in [6.07, 6.45) is -0.0686. The van der Waals surface area contributed by atoms with Crippen LogP contribution in [0.1, 0.15) is 51.9 Å². The summed E-state index contributed by atoms with van der Waals surface area (Å²) in [5, 5.41) is 1.41. The van der Waals surface area contributed by atoms with Gasteiger partial charge in [0.1, 0.15) is 11.2 Å². The highest BCUT2D eigenvalue weighted by Crippen LogP contribution is 2.16. The first kappa shape index (κ1) is 22.8. The van der Waals surface area contributed by atoms with Crippen LogP contribution < -0.4 is 0 Å². The average molecular weight is 394 g/mol. The summed E-state index contributed by atoms with van der Waals surface area (Å²) in [6, 6.07) is 8.83. The normalized spacial score (nSPS) is 11.9. The number of hydrogen-bond donors (Lipinski definition) is 0. The van der Waals surface area contributed by atoms with Gasteiger partial charge in [0.2, 0.25) is 5.12 Å². The highest BCUT2D eigenvalue weighted by molar-refractivity contribution is 8.16. The molecule has 0 aliphatic heterocycles. The van der Waals surface area contributed by atoms with E-state index in [9.17, 15) is 14.4 Å². The van der Waals surface area contributed by atoms with Gasteiger partial charge in [-0.05, 0) is 47.0 Å². The predicted octanol–water partition coefficient (Wildman–Crippen LogP) is 5.25. The number of benzene rings is 1. The number of amides is 2. The summed E-state index contributed by atoms with van der Waals surface area (Å²) in [5.41, 5.74) is -0.929. The molecule has 0 aliphatic rings. The molecular weight excluding hydrogens is 366 g/mol. The van der Waals surface area contributed by atoms with Gasteiger partial charge in [0, 0.05) is 5.56 Å². The summed E-state index contributed by atoms with van der Waals surface area (Å²) in [6.45, 7) is 10.2. The molecular formula is C20H27NO5S. The third-order valence-corrected chi connectivity index (χ3v) is 3.57. The van der Waals surface area contributed by atoms with Gasteiger partial charge in [-0.1, -0.05) is 48.2 Å². The fourth-order valence-corrected chi connectivity index (χ4v) is 2.34. The Hall–Kier alpha value is -2.28. The van der Waals surface area contributed by atoms with Crippen LogP contribution in [0.25, 0.3) is 0 Å². The highest BCUT2D eigenvalue weighted by Gasteiger charge is 2.30. The smallest absolute Gasteiger partial charge is 0.420 e. The Balaban J connectivity index is 2.76. The van der Waals surface area contributed by atoms with Crippen molar-refractivity contribution in [2.75, 3.05) is 6.54 Å². The predicted molar refractivity (Wildman–Crippen MR) is 107 cm³/mol. The van der Waals surface area contributed by atoms with Gasteiger partial charge in [-0.25, -0.2) is 14.5 Å². The summed E-state index contributed by atoms with van der Waals surface area (Å²) in [7, 11) is 0. The van der Waals surface area contributed by atoms with Crippen LogP contribution in [0.15, 0.2) is 41.8 Å². The summed E-state index contributed by atoms with van der Waals surface area (Å²) < 4.78 is 10.5. The lowest BCUT2D eigenvalue weighted by Gasteiger charge is -2.28. The van der Waals surface area contributed by atoms with E-state index in [1.54, 1.807) is 71.9 Å². The summed E-state index contributed by atoms with van der Waals surface area (Å²) >= 11 is 0.971. The van der Waals surface area contributed by atoms with E-state index in [4.69, 9.17) is 9.47 Å². The monoisotopic (exact) mass is 393 g/mol. The van der Waals surface area contributed by atoms with E-state index in [0.29, 0.717) is 5.56 Å². The summed E-state index contributed by atoms with van der Waals surface area (Å²) in [5.74, 6) is 0. The van der Waals surface area contributed by atoms with E-state index in [2.05, 4.69) is 0 Å². The molecule has 2 amide bonds. The first-order valence-corrected chi connectivity index (χ1v) is 9.41. The average Bonchev–Trinajstić information content (AvgIpc) is 2.51. The van der Waals surface area contributed by atoms with Crippen LogP contribution in [0.3, 0.4) is 0 Å². The van der Waals surface area contributed by atoms with Crippen molar-refractivity contribution in [3.05, 3.63) is 47.4 Å². The Bertz CT molecular complexity index is 659. The minimum Gasteiger partial charge on any atom is -0.443 e. The highest BCUT2D eigenvalue weighted by atomic mass is 32.2. The zero-order valence-electron chi connectivity index (χ0n) is 16.6. The zero-order valence-corrected chi connectivity index (χ0v) is 17.5. The molecule has 0 aromatic heterocycles. The molecule has 0 radical (unpaired) electrons. The van der Waals surface area contributed by atoms with E-state index in [-0.39, 0.29) is 11.7 Å². The van der Waals surface area contributed by atoms with Crippen LogP contribution >= 0.6 is 11.8 Å². The van der Waals surface area contributed by atoms with E-state index in [0.717, 1.165) is 16.7 Å². The molecule has 0 N–H and O–H groups in total. The Morgan fingerprint density at radius 1 is 0.926 bits per heavy atom. The Kier molecular flexibility index (Phi) is 8.09. The van der Waals surface area contributed by atoms with Gasteiger partial charge < -0.3 is 9.47 Å². The van der Waals surface area contributed by atoms with Crippen molar-refractivity contribution >= 4 is 29.1 Å². The number of carbonyl (C=O) groups is 3. The first-order valence-electron chi connectivity index (χ1n) is 8.53. The lowest BCUT2D eigenvalue weighted by molar-refractivity contribution is 0.00373. The third-order valence-electron chi connectivity index (χ3n) is 2.80. The minimum atomic E-state index is -0.805.